The number of hydrogen-bond acceptors (Lipinski definition) is 3. The number of pyridine rings is 1. The summed E-state index contributed by atoms with van der Waals surface area (Å²) < 4.78 is 1.03. The van der Waals surface area contributed by atoms with Crippen LogP contribution in [0.15, 0.2) is 28.7 Å². The van der Waals surface area contributed by atoms with Crippen LogP contribution in [0, 0.1) is 5.92 Å². The molecule has 0 unspecified atom stereocenters. The number of aromatic nitrogens is 1. The van der Waals surface area contributed by atoms with Gasteiger partial charge in [0.2, 0.25) is 0 Å². The van der Waals surface area contributed by atoms with Crippen LogP contribution in [0.1, 0.15) is 19.5 Å². The molecule has 3 N–H and O–H groups in total. The Hall–Kier alpha value is -1.13. The molecule has 3 nitrogen and oxygen atoms in total. The van der Waals surface area contributed by atoms with Gasteiger partial charge in [-0.15, -0.1) is 0 Å². The maximum Gasteiger partial charge on any atom is 0.0727 e. The van der Waals surface area contributed by atoms with Crippen LogP contribution >= 0.6 is 15.9 Å². The lowest BCUT2D eigenvalue weighted by Crippen LogP contribution is -2.09. The molecule has 0 atom stereocenters. The van der Waals surface area contributed by atoms with E-state index in [1.165, 1.54) is 0 Å². The SMILES string of the molecule is CC(C)Cc1cc(NN)c2cc(Br)ccc2n1. The van der Waals surface area contributed by atoms with Crippen molar-refractivity contribution in [1.29, 1.82) is 0 Å². The summed E-state index contributed by atoms with van der Waals surface area (Å²) in [6.45, 7) is 4.37. The predicted octanol–water partition coefficient (Wildman–Crippen LogP) is 3.48. The van der Waals surface area contributed by atoms with E-state index in [4.69, 9.17) is 5.84 Å². The van der Waals surface area contributed by atoms with Crippen molar-refractivity contribution in [3.8, 4) is 0 Å². The number of benzene rings is 1. The van der Waals surface area contributed by atoms with Gasteiger partial charge in [-0.05, 0) is 36.6 Å². The van der Waals surface area contributed by atoms with Crippen molar-refractivity contribution in [3.05, 3.63) is 34.4 Å². The first-order chi connectivity index (χ1) is 8.10. The molecule has 0 spiro atoms. The standard InChI is InChI=1S/C13H16BrN3/c1-8(2)5-10-7-13(17-15)11-6-9(14)3-4-12(11)16-10/h3-4,6-8H,5,15H2,1-2H3,(H,16,17). The fourth-order valence-corrected chi connectivity index (χ4v) is 2.26. The Morgan fingerprint density at radius 1 is 1.35 bits per heavy atom. The maximum atomic E-state index is 5.57. The molecule has 0 aliphatic heterocycles. The zero-order valence-corrected chi connectivity index (χ0v) is 11.6. The highest BCUT2D eigenvalue weighted by atomic mass is 79.9. The summed E-state index contributed by atoms with van der Waals surface area (Å²) in [7, 11) is 0. The summed E-state index contributed by atoms with van der Waals surface area (Å²) in [6.07, 6.45) is 0.959. The van der Waals surface area contributed by atoms with Crippen LogP contribution in [0.3, 0.4) is 0 Å². The van der Waals surface area contributed by atoms with E-state index in [2.05, 4.69) is 40.2 Å². The molecule has 4 heteroatoms. The molecule has 0 radical (unpaired) electrons. The van der Waals surface area contributed by atoms with Crippen molar-refractivity contribution in [2.45, 2.75) is 20.3 Å². The third kappa shape index (κ3) is 2.76. The molecule has 1 heterocycles. The molecule has 0 aliphatic carbocycles. The second-order valence-electron chi connectivity index (χ2n) is 4.56. The summed E-state index contributed by atoms with van der Waals surface area (Å²) in [6, 6.07) is 8.05. The van der Waals surface area contributed by atoms with Gasteiger partial charge >= 0.3 is 0 Å². The lowest BCUT2D eigenvalue weighted by molar-refractivity contribution is 0.637. The van der Waals surface area contributed by atoms with E-state index in [0.717, 1.165) is 33.2 Å². The van der Waals surface area contributed by atoms with Gasteiger partial charge in [0, 0.05) is 15.6 Å². The molecule has 0 fully saturated rings. The minimum atomic E-state index is 0.584. The molecule has 0 saturated carbocycles. The number of rotatable bonds is 3. The van der Waals surface area contributed by atoms with Gasteiger partial charge in [-0.2, -0.15) is 0 Å². The molecule has 1 aromatic heterocycles. The molecular weight excluding hydrogens is 278 g/mol. The number of halogens is 1. The van der Waals surface area contributed by atoms with Gasteiger partial charge in [0.05, 0.1) is 11.2 Å². The number of nitrogen functional groups attached to an aromatic ring is 1. The molecule has 0 aliphatic rings. The van der Waals surface area contributed by atoms with Crippen molar-refractivity contribution >= 4 is 32.5 Å². The number of nitrogens with one attached hydrogen (secondary N) is 1. The topological polar surface area (TPSA) is 50.9 Å². The third-order valence-electron chi connectivity index (χ3n) is 2.60. The van der Waals surface area contributed by atoms with Crippen LogP contribution in [0.4, 0.5) is 5.69 Å². The van der Waals surface area contributed by atoms with Gasteiger partial charge in [0.15, 0.2) is 0 Å². The van der Waals surface area contributed by atoms with Crippen LogP contribution in [0.25, 0.3) is 10.9 Å². The van der Waals surface area contributed by atoms with Crippen LogP contribution in [0.2, 0.25) is 0 Å². The second-order valence-corrected chi connectivity index (χ2v) is 5.48. The van der Waals surface area contributed by atoms with Gasteiger partial charge in [0.25, 0.3) is 0 Å². The van der Waals surface area contributed by atoms with Crippen LogP contribution in [-0.4, -0.2) is 4.98 Å². The van der Waals surface area contributed by atoms with Crippen molar-refractivity contribution in [3.63, 3.8) is 0 Å². The van der Waals surface area contributed by atoms with E-state index < -0.39 is 0 Å². The Kier molecular flexibility index (Phi) is 3.64. The first-order valence-corrected chi connectivity index (χ1v) is 6.45. The first-order valence-electron chi connectivity index (χ1n) is 5.66. The van der Waals surface area contributed by atoms with Crippen molar-refractivity contribution in [1.82, 2.24) is 4.98 Å². The van der Waals surface area contributed by atoms with Crippen molar-refractivity contribution < 1.29 is 0 Å². The Balaban J connectivity index is 2.58. The third-order valence-corrected chi connectivity index (χ3v) is 3.09. The molecule has 0 amide bonds. The van der Waals surface area contributed by atoms with Crippen LogP contribution in [-0.2, 0) is 6.42 Å². The number of nitrogens with two attached hydrogens (primary N) is 1. The molecule has 90 valence electrons. The summed E-state index contributed by atoms with van der Waals surface area (Å²) >= 11 is 3.46. The Morgan fingerprint density at radius 2 is 2.12 bits per heavy atom. The van der Waals surface area contributed by atoms with E-state index >= 15 is 0 Å². The number of hydrogen-bond donors (Lipinski definition) is 2. The lowest BCUT2D eigenvalue weighted by Gasteiger charge is -2.10. The summed E-state index contributed by atoms with van der Waals surface area (Å²) in [5.41, 5.74) is 5.72. The average molecular weight is 294 g/mol. The number of fused-ring (bicyclic) bond motifs is 1. The van der Waals surface area contributed by atoms with E-state index in [1.54, 1.807) is 0 Å². The Bertz CT molecular complexity index is 537. The smallest absolute Gasteiger partial charge is 0.0727 e. The molecule has 1 aromatic carbocycles. The molecule has 0 saturated heterocycles. The molecule has 0 bridgehead atoms. The van der Waals surface area contributed by atoms with Gasteiger partial charge in [-0.25, -0.2) is 0 Å². The van der Waals surface area contributed by atoms with E-state index in [9.17, 15) is 0 Å². The van der Waals surface area contributed by atoms with E-state index in [1.807, 2.05) is 24.3 Å². The Labute approximate surface area is 110 Å². The number of hydrazine groups is 1. The van der Waals surface area contributed by atoms with Gasteiger partial charge in [0.1, 0.15) is 0 Å². The second kappa shape index (κ2) is 5.02. The highest BCUT2D eigenvalue weighted by Crippen LogP contribution is 2.26. The van der Waals surface area contributed by atoms with Gasteiger partial charge in [-0.1, -0.05) is 29.8 Å². The quantitative estimate of drug-likeness (QED) is 0.673. The maximum absolute atomic E-state index is 5.57. The predicted molar refractivity (Wildman–Crippen MR) is 75.8 cm³/mol. The highest BCUT2D eigenvalue weighted by Gasteiger charge is 2.07. The number of anilines is 1. The zero-order chi connectivity index (χ0) is 12.4. The first kappa shape index (κ1) is 12.3. The van der Waals surface area contributed by atoms with Crippen LogP contribution < -0.4 is 11.3 Å². The molecule has 2 aromatic rings. The fraction of sp³-hybridized carbons (Fsp3) is 0.308. The van der Waals surface area contributed by atoms with Crippen molar-refractivity contribution in [2.24, 2.45) is 11.8 Å². The molecular formula is C13H16BrN3. The zero-order valence-electron chi connectivity index (χ0n) is 10.00. The largest absolute Gasteiger partial charge is 0.323 e. The monoisotopic (exact) mass is 293 g/mol. The summed E-state index contributed by atoms with van der Waals surface area (Å²) in [4.78, 5) is 4.65. The Morgan fingerprint density at radius 3 is 2.76 bits per heavy atom. The lowest BCUT2D eigenvalue weighted by atomic mass is 10.1. The average Bonchev–Trinajstić information content (AvgIpc) is 2.27. The minimum absolute atomic E-state index is 0.584. The minimum Gasteiger partial charge on any atom is -0.323 e. The molecule has 2 rings (SSSR count). The van der Waals surface area contributed by atoms with Gasteiger partial charge < -0.3 is 5.43 Å². The van der Waals surface area contributed by atoms with E-state index in [-0.39, 0.29) is 0 Å². The highest BCUT2D eigenvalue weighted by molar-refractivity contribution is 9.10. The molecule has 17 heavy (non-hydrogen) atoms. The normalized spacial score (nSPS) is 11.1. The van der Waals surface area contributed by atoms with Crippen LogP contribution in [0.5, 0.6) is 0 Å². The number of nitrogens with zero attached hydrogens (tertiary/aromatic N) is 1. The van der Waals surface area contributed by atoms with E-state index in [0.29, 0.717) is 5.92 Å². The van der Waals surface area contributed by atoms with Gasteiger partial charge in [-0.3, -0.25) is 10.8 Å². The summed E-state index contributed by atoms with van der Waals surface area (Å²) in [5, 5.41) is 1.04. The fourth-order valence-electron chi connectivity index (χ4n) is 1.90. The summed E-state index contributed by atoms with van der Waals surface area (Å²) in [5.74, 6) is 6.16. The van der Waals surface area contributed by atoms with Crippen molar-refractivity contribution in [2.75, 3.05) is 5.43 Å².